The number of carbonyl (C=O) groups excluding carboxylic acids is 2. The Balaban J connectivity index is 1.43. The first-order chi connectivity index (χ1) is 15.5. The van der Waals surface area contributed by atoms with E-state index in [1.807, 2.05) is 31.3 Å². The Morgan fingerprint density at radius 2 is 1.91 bits per heavy atom. The summed E-state index contributed by atoms with van der Waals surface area (Å²) in [5.74, 6) is 1.38. The van der Waals surface area contributed by atoms with Crippen molar-refractivity contribution in [3.05, 3.63) is 35.7 Å². The Morgan fingerprint density at radius 1 is 1.19 bits per heavy atom. The third-order valence-electron chi connectivity index (χ3n) is 5.66. The maximum atomic E-state index is 12.4. The van der Waals surface area contributed by atoms with Crippen LogP contribution in [0.5, 0.6) is 5.75 Å². The van der Waals surface area contributed by atoms with E-state index >= 15 is 0 Å². The van der Waals surface area contributed by atoms with Crippen LogP contribution in [-0.4, -0.2) is 44.5 Å². The highest BCUT2D eigenvalue weighted by Gasteiger charge is 2.18. The first-order valence-corrected chi connectivity index (χ1v) is 12.3. The van der Waals surface area contributed by atoms with E-state index in [1.54, 1.807) is 11.5 Å². The number of aromatic nitrogens is 3. The highest BCUT2D eigenvalue weighted by Crippen LogP contribution is 2.19. The van der Waals surface area contributed by atoms with Gasteiger partial charge in [0.2, 0.25) is 5.91 Å². The zero-order valence-electron chi connectivity index (χ0n) is 19.1. The summed E-state index contributed by atoms with van der Waals surface area (Å²) in [6.07, 6.45) is 6.09. The quantitative estimate of drug-likeness (QED) is 0.530. The molecule has 0 saturated heterocycles. The van der Waals surface area contributed by atoms with Gasteiger partial charge in [0.1, 0.15) is 5.75 Å². The number of nitrogens with zero attached hydrogens (tertiary/aromatic N) is 3. The van der Waals surface area contributed by atoms with Crippen LogP contribution in [0.25, 0.3) is 0 Å². The predicted octanol–water partition coefficient (Wildman–Crippen LogP) is 3.00. The summed E-state index contributed by atoms with van der Waals surface area (Å²) < 4.78 is 7.52. The maximum Gasteiger partial charge on any atom is 0.261 e. The molecule has 1 aliphatic rings. The van der Waals surface area contributed by atoms with E-state index in [0.29, 0.717) is 28.5 Å². The summed E-state index contributed by atoms with van der Waals surface area (Å²) in [6, 6.07) is 8.04. The Bertz CT molecular complexity index is 894. The first kappa shape index (κ1) is 24.1. The fraction of sp³-hybridized carbons (Fsp3) is 0.565. The molecule has 0 unspecified atom stereocenters. The summed E-state index contributed by atoms with van der Waals surface area (Å²) in [4.78, 5) is 24.6. The van der Waals surface area contributed by atoms with E-state index in [2.05, 4.69) is 27.8 Å². The van der Waals surface area contributed by atoms with E-state index < -0.39 is 6.10 Å². The van der Waals surface area contributed by atoms with Gasteiger partial charge in [-0.1, -0.05) is 50.1 Å². The predicted molar refractivity (Wildman–Crippen MR) is 124 cm³/mol. The van der Waals surface area contributed by atoms with Crippen molar-refractivity contribution in [1.82, 2.24) is 25.4 Å². The second kappa shape index (κ2) is 11.9. The summed E-state index contributed by atoms with van der Waals surface area (Å²) in [5.41, 5.74) is 1.22. The standard InChI is InChI=1S/C23H33N5O3S/c1-4-17-10-12-19(13-11-17)31-16(2)22(30)24-14-20-26-27-23(28(20)3)32-15-21(29)25-18-8-6-5-7-9-18/h10-13,16,18H,4-9,14-15H2,1-3H3,(H,24,30)(H,25,29)/t16-/m1/s1. The van der Waals surface area contributed by atoms with Crippen molar-refractivity contribution in [3.63, 3.8) is 0 Å². The molecule has 1 fully saturated rings. The third-order valence-corrected chi connectivity index (χ3v) is 6.68. The second-order valence-electron chi connectivity index (χ2n) is 8.12. The Kier molecular flexibility index (Phi) is 8.96. The number of hydrogen-bond acceptors (Lipinski definition) is 6. The Hall–Kier alpha value is -2.55. The Morgan fingerprint density at radius 3 is 2.59 bits per heavy atom. The molecule has 0 aliphatic heterocycles. The fourth-order valence-corrected chi connectivity index (χ4v) is 4.38. The van der Waals surface area contributed by atoms with E-state index in [1.165, 1.54) is 36.6 Å². The average molecular weight is 460 g/mol. The van der Waals surface area contributed by atoms with E-state index in [0.717, 1.165) is 19.3 Å². The molecule has 1 saturated carbocycles. The van der Waals surface area contributed by atoms with Gasteiger partial charge in [0.05, 0.1) is 12.3 Å². The normalized spacial score (nSPS) is 15.2. The molecule has 3 rings (SSSR count). The number of amides is 2. The summed E-state index contributed by atoms with van der Waals surface area (Å²) in [6.45, 7) is 4.04. The largest absolute Gasteiger partial charge is 0.481 e. The van der Waals surface area contributed by atoms with Gasteiger partial charge in [0, 0.05) is 13.1 Å². The number of hydrogen-bond donors (Lipinski definition) is 2. The molecule has 174 valence electrons. The van der Waals surface area contributed by atoms with Crippen molar-refractivity contribution in [2.75, 3.05) is 5.75 Å². The molecule has 1 aliphatic carbocycles. The van der Waals surface area contributed by atoms with Crippen molar-refractivity contribution in [2.24, 2.45) is 7.05 Å². The smallest absolute Gasteiger partial charge is 0.261 e. The minimum absolute atomic E-state index is 0.0256. The molecular formula is C23H33N5O3S. The zero-order chi connectivity index (χ0) is 22.9. The Labute approximate surface area is 193 Å². The second-order valence-corrected chi connectivity index (χ2v) is 9.07. The zero-order valence-corrected chi connectivity index (χ0v) is 19.9. The number of thioether (sulfide) groups is 1. The van der Waals surface area contributed by atoms with Gasteiger partial charge in [0.25, 0.3) is 5.91 Å². The van der Waals surface area contributed by atoms with Crippen molar-refractivity contribution in [1.29, 1.82) is 0 Å². The lowest BCUT2D eigenvalue weighted by molar-refractivity contribution is -0.127. The van der Waals surface area contributed by atoms with Crippen LogP contribution in [0, 0.1) is 0 Å². The van der Waals surface area contributed by atoms with Gasteiger partial charge in [-0.25, -0.2) is 0 Å². The first-order valence-electron chi connectivity index (χ1n) is 11.3. The maximum absolute atomic E-state index is 12.4. The molecule has 1 atom stereocenters. The summed E-state index contributed by atoms with van der Waals surface area (Å²) in [7, 11) is 1.83. The summed E-state index contributed by atoms with van der Waals surface area (Å²) >= 11 is 1.35. The van der Waals surface area contributed by atoms with Gasteiger partial charge >= 0.3 is 0 Å². The van der Waals surface area contributed by atoms with Crippen molar-refractivity contribution in [2.45, 2.75) is 76.2 Å². The van der Waals surface area contributed by atoms with Crippen LogP contribution in [0.2, 0.25) is 0 Å². The lowest BCUT2D eigenvalue weighted by Crippen LogP contribution is -2.37. The molecule has 0 spiro atoms. The summed E-state index contributed by atoms with van der Waals surface area (Å²) in [5, 5.41) is 14.9. The van der Waals surface area contributed by atoms with Crippen LogP contribution < -0.4 is 15.4 Å². The number of rotatable bonds is 10. The van der Waals surface area contributed by atoms with Crippen molar-refractivity contribution in [3.8, 4) is 5.75 Å². The number of aryl methyl sites for hydroxylation is 1. The third kappa shape index (κ3) is 6.98. The molecule has 8 nitrogen and oxygen atoms in total. The average Bonchev–Trinajstić information content (AvgIpc) is 3.16. The van der Waals surface area contributed by atoms with Gasteiger partial charge in [-0.2, -0.15) is 0 Å². The van der Waals surface area contributed by atoms with Crippen LogP contribution in [0.1, 0.15) is 57.3 Å². The molecule has 1 aromatic carbocycles. The van der Waals surface area contributed by atoms with E-state index in [-0.39, 0.29) is 18.4 Å². The number of nitrogens with one attached hydrogen (secondary N) is 2. The molecule has 32 heavy (non-hydrogen) atoms. The fourth-order valence-electron chi connectivity index (χ4n) is 3.64. The topological polar surface area (TPSA) is 98.1 Å². The molecule has 2 N–H and O–H groups in total. The molecule has 1 aromatic heterocycles. The lowest BCUT2D eigenvalue weighted by Gasteiger charge is -2.22. The minimum atomic E-state index is -0.631. The number of carbonyl (C=O) groups is 2. The van der Waals surface area contributed by atoms with Crippen LogP contribution in [-0.2, 0) is 29.6 Å². The molecule has 0 bridgehead atoms. The highest BCUT2D eigenvalue weighted by atomic mass is 32.2. The highest BCUT2D eigenvalue weighted by molar-refractivity contribution is 7.99. The molecule has 9 heteroatoms. The van der Waals surface area contributed by atoms with Crippen LogP contribution >= 0.6 is 11.8 Å². The van der Waals surface area contributed by atoms with Crippen LogP contribution in [0.15, 0.2) is 29.4 Å². The monoisotopic (exact) mass is 459 g/mol. The van der Waals surface area contributed by atoms with Crippen LogP contribution in [0.4, 0.5) is 0 Å². The molecule has 1 heterocycles. The van der Waals surface area contributed by atoms with Gasteiger partial charge in [-0.15, -0.1) is 10.2 Å². The van der Waals surface area contributed by atoms with Gasteiger partial charge < -0.3 is 19.9 Å². The molecular weight excluding hydrogens is 426 g/mol. The molecule has 0 radical (unpaired) electrons. The van der Waals surface area contributed by atoms with Gasteiger partial charge in [-0.3, -0.25) is 9.59 Å². The number of ether oxygens (including phenoxy) is 1. The van der Waals surface area contributed by atoms with E-state index in [4.69, 9.17) is 4.74 Å². The van der Waals surface area contributed by atoms with Crippen molar-refractivity contribution < 1.29 is 14.3 Å². The van der Waals surface area contributed by atoms with Crippen LogP contribution in [0.3, 0.4) is 0 Å². The van der Waals surface area contributed by atoms with E-state index in [9.17, 15) is 9.59 Å². The number of benzene rings is 1. The SMILES string of the molecule is CCc1ccc(O[C@H](C)C(=O)NCc2nnc(SCC(=O)NC3CCCCC3)n2C)cc1. The lowest BCUT2D eigenvalue weighted by atomic mass is 9.95. The molecule has 2 amide bonds. The molecule has 2 aromatic rings. The van der Waals surface area contributed by atoms with Gasteiger partial charge in [0.15, 0.2) is 17.1 Å². The van der Waals surface area contributed by atoms with Crippen molar-refractivity contribution >= 4 is 23.6 Å². The minimum Gasteiger partial charge on any atom is -0.481 e. The van der Waals surface area contributed by atoms with Gasteiger partial charge in [-0.05, 0) is 43.9 Å².